The summed E-state index contributed by atoms with van der Waals surface area (Å²) in [6.07, 6.45) is 2.78. The van der Waals surface area contributed by atoms with E-state index in [1.807, 2.05) is 61.3 Å². The van der Waals surface area contributed by atoms with Crippen LogP contribution in [-0.2, 0) is 0 Å². The SMILES string of the molecule is Cc1cc(N2CCCN(C(=O)c3c(-c4ccccc4)n[nH]c3C)CC2)ccn1. The molecule has 6 heteroatoms. The fourth-order valence-corrected chi connectivity index (χ4v) is 3.76. The molecule has 0 saturated carbocycles. The van der Waals surface area contributed by atoms with Gasteiger partial charge in [0.25, 0.3) is 5.91 Å². The fraction of sp³-hybridized carbons (Fsp3) is 0.318. The van der Waals surface area contributed by atoms with Gasteiger partial charge in [0.2, 0.25) is 0 Å². The van der Waals surface area contributed by atoms with Crippen LogP contribution in [0.5, 0.6) is 0 Å². The number of nitrogens with one attached hydrogen (secondary N) is 1. The Morgan fingerprint density at radius 3 is 2.64 bits per heavy atom. The van der Waals surface area contributed by atoms with E-state index in [9.17, 15) is 4.79 Å². The number of rotatable bonds is 3. The van der Waals surface area contributed by atoms with Gasteiger partial charge in [0.1, 0.15) is 5.69 Å². The lowest BCUT2D eigenvalue weighted by Gasteiger charge is -2.24. The third-order valence-corrected chi connectivity index (χ3v) is 5.24. The molecule has 2 aromatic heterocycles. The molecule has 0 atom stereocenters. The third-order valence-electron chi connectivity index (χ3n) is 5.24. The molecular formula is C22H25N5O. The molecule has 0 bridgehead atoms. The van der Waals surface area contributed by atoms with Crippen LogP contribution in [0.2, 0.25) is 0 Å². The van der Waals surface area contributed by atoms with Crippen molar-refractivity contribution in [2.45, 2.75) is 20.3 Å². The Bertz CT molecular complexity index is 966. The monoisotopic (exact) mass is 375 g/mol. The lowest BCUT2D eigenvalue weighted by atomic mass is 10.0. The molecule has 144 valence electrons. The number of carbonyl (C=O) groups is 1. The number of aromatic amines is 1. The van der Waals surface area contributed by atoms with Crippen molar-refractivity contribution in [2.24, 2.45) is 0 Å². The summed E-state index contributed by atoms with van der Waals surface area (Å²) in [4.78, 5) is 21.9. The minimum Gasteiger partial charge on any atom is -0.370 e. The number of anilines is 1. The number of carbonyl (C=O) groups excluding carboxylic acids is 1. The van der Waals surface area contributed by atoms with Crippen LogP contribution in [0.1, 0.15) is 28.2 Å². The highest BCUT2D eigenvalue weighted by Crippen LogP contribution is 2.25. The molecule has 6 nitrogen and oxygen atoms in total. The molecule has 0 aliphatic carbocycles. The van der Waals surface area contributed by atoms with Crippen molar-refractivity contribution >= 4 is 11.6 Å². The van der Waals surface area contributed by atoms with Gasteiger partial charge in [0.05, 0.1) is 5.56 Å². The number of aromatic nitrogens is 3. The maximum Gasteiger partial charge on any atom is 0.258 e. The van der Waals surface area contributed by atoms with Gasteiger partial charge in [-0.15, -0.1) is 0 Å². The molecular weight excluding hydrogens is 350 g/mol. The summed E-state index contributed by atoms with van der Waals surface area (Å²) in [7, 11) is 0. The molecule has 3 heterocycles. The zero-order chi connectivity index (χ0) is 19.5. The molecule has 28 heavy (non-hydrogen) atoms. The predicted molar refractivity (Wildman–Crippen MR) is 110 cm³/mol. The standard InChI is InChI=1S/C22H25N5O/c1-16-15-19(9-10-23-16)26-11-6-12-27(14-13-26)22(28)20-17(2)24-25-21(20)18-7-4-3-5-8-18/h3-5,7-10,15H,6,11-14H2,1-2H3,(H,24,25). The maximum atomic E-state index is 13.4. The Balaban J connectivity index is 1.54. The molecule has 0 spiro atoms. The second-order valence-electron chi connectivity index (χ2n) is 7.23. The van der Waals surface area contributed by atoms with Gasteiger partial charge in [-0.05, 0) is 32.4 Å². The van der Waals surface area contributed by atoms with Gasteiger partial charge in [-0.1, -0.05) is 30.3 Å². The van der Waals surface area contributed by atoms with E-state index in [-0.39, 0.29) is 5.91 Å². The van der Waals surface area contributed by atoms with Crippen molar-refractivity contribution in [1.82, 2.24) is 20.1 Å². The van der Waals surface area contributed by atoms with Gasteiger partial charge in [-0.3, -0.25) is 14.9 Å². The molecule has 0 radical (unpaired) electrons. The number of nitrogens with zero attached hydrogens (tertiary/aromatic N) is 4. The number of amides is 1. The molecule has 1 aromatic carbocycles. The quantitative estimate of drug-likeness (QED) is 0.762. The highest BCUT2D eigenvalue weighted by atomic mass is 16.2. The number of aryl methyl sites for hydroxylation is 2. The summed E-state index contributed by atoms with van der Waals surface area (Å²) in [6, 6.07) is 14.0. The first kappa shape index (κ1) is 18.2. The number of H-pyrrole nitrogens is 1. The fourth-order valence-electron chi connectivity index (χ4n) is 3.76. The average molecular weight is 375 g/mol. The van der Waals surface area contributed by atoms with E-state index in [0.29, 0.717) is 12.1 Å². The van der Waals surface area contributed by atoms with Crippen LogP contribution in [0.3, 0.4) is 0 Å². The Morgan fingerprint density at radius 2 is 1.86 bits per heavy atom. The Labute approximate surface area is 165 Å². The minimum absolute atomic E-state index is 0.0536. The molecule has 0 unspecified atom stereocenters. The summed E-state index contributed by atoms with van der Waals surface area (Å²) in [5, 5.41) is 7.41. The first-order valence-electron chi connectivity index (χ1n) is 9.71. The number of hydrogen-bond acceptors (Lipinski definition) is 4. The van der Waals surface area contributed by atoms with Crippen LogP contribution in [0.15, 0.2) is 48.7 Å². The van der Waals surface area contributed by atoms with Crippen molar-refractivity contribution in [1.29, 1.82) is 0 Å². The highest BCUT2D eigenvalue weighted by molar-refractivity contribution is 6.01. The largest absolute Gasteiger partial charge is 0.370 e. The van der Waals surface area contributed by atoms with E-state index >= 15 is 0 Å². The van der Waals surface area contributed by atoms with Crippen molar-refractivity contribution < 1.29 is 4.79 Å². The first-order chi connectivity index (χ1) is 13.6. The second kappa shape index (κ2) is 7.84. The van der Waals surface area contributed by atoms with Crippen molar-refractivity contribution in [3.63, 3.8) is 0 Å². The second-order valence-corrected chi connectivity index (χ2v) is 7.23. The van der Waals surface area contributed by atoms with Crippen LogP contribution in [0.4, 0.5) is 5.69 Å². The summed E-state index contributed by atoms with van der Waals surface area (Å²) in [6.45, 7) is 7.10. The van der Waals surface area contributed by atoms with Crippen LogP contribution in [0, 0.1) is 13.8 Å². The van der Waals surface area contributed by atoms with Crippen LogP contribution in [0.25, 0.3) is 11.3 Å². The molecule has 1 aliphatic heterocycles. The first-order valence-corrected chi connectivity index (χ1v) is 9.71. The van der Waals surface area contributed by atoms with E-state index in [2.05, 4.69) is 26.1 Å². The van der Waals surface area contributed by atoms with Crippen molar-refractivity contribution in [3.05, 3.63) is 65.6 Å². The van der Waals surface area contributed by atoms with Gasteiger partial charge in [-0.2, -0.15) is 5.10 Å². The van der Waals surface area contributed by atoms with Gasteiger partial charge in [0, 0.05) is 55.0 Å². The number of pyridine rings is 1. The Morgan fingerprint density at radius 1 is 1.04 bits per heavy atom. The van der Waals surface area contributed by atoms with Gasteiger partial charge >= 0.3 is 0 Å². The van der Waals surface area contributed by atoms with E-state index in [1.165, 1.54) is 5.69 Å². The molecule has 1 amide bonds. The Kier molecular flexibility index (Phi) is 5.10. The van der Waals surface area contributed by atoms with Crippen LogP contribution < -0.4 is 4.90 Å². The summed E-state index contributed by atoms with van der Waals surface area (Å²) in [5.74, 6) is 0.0536. The van der Waals surface area contributed by atoms with E-state index in [4.69, 9.17) is 0 Å². The summed E-state index contributed by atoms with van der Waals surface area (Å²) >= 11 is 0. The summed E-state index contributed by atoms with van der Waals surface area (Å²) in [5.41, 5.74) is 5.37. The van der Waals surface area contributed by atoms with Gasteiger partial charge in [-0.25, -0.2) is 0 Å². The van der Waals surface area contributed by atoms with E-state index in [0.717, 1.165) is 48.7 Å². The number of benzene rings is 1. The molecule has 1 saturated heterocycles. The lowest BCUT2D eigenvalue weighted by Crippen LogP contribution is -2.35. The summed E-state index contributed by atoms with van der Waals surface area (Å²) < 4.78 is 0. The topological polar surface area (TPSA) is 65.1 Å². The third kappa shape index (κ3) is 3.63. The molecule has 4 rings (SSSR count). The lowest BCUT2D eigenvalue weighted by molar-refractivity contribution is 0.0767. The van der Waals surface area contributed by atoms with E-state index < -0.39 is 0 Å². The zero-order valence-electron chi connectivity index (χ0n) is 16.4. The zero-order valence-corrected chi connectivity index (χ0v) is 16.4. The minimum atomic E-state index is 0.0536. The predicted octanol–water partition coefficient (Wildman–Crippen LogP) is 3.44. The van der Waals surface area contributed by atoms with Crippen molar-refractivity contribution in [3.8, 4) is 11.3 Å². The smallest absolute Gasteiger partial charge is 0.258 e. The molecule has 1 N–H and O–H groups in total. The van der Waals surface area contributed by atoms with Gasteiger partial charge < -0.3 is 9.80 Å². The number of hydrogen-bond donors (Lipinski definition) is 1. The van der Waals surface area contributed by atoms with Crippen molar-refractivity contribution in [2.75, 3.05) is 31.1 Å². The maximum absolute atomic E-state index is 13.4. The molecule has 1 aliphatic rings. The molecule has 3 aromatic rings. The average Bonchev–Trinajstić information content (AvgIpc) is 2.94. The van der Waals surface area contributed by atoms with Crippen LogP contribution in [-0.4, -0.2) is 52.2 Å². The normalized spacial score (nSPS) is 14.8. The van der Waals surface area contributed by atoms with Crippen LogP contribution >= 0.6 is 0 Å². The highest BCUT2D eigenvalue weighted by Gasteiger charge is 2.26. The molecule has 1 fully saturated rings. The van der Waals surface area contributed by atoms with E-state index in [1.54, 1.807) is 0 Å². The van der Waals surface area contributed by atoms with Gasteiger partial charge in [0.15, 0.2) is 0 Å². The Hall–Kier alpha value is -3.15.